The third-order valence-corrected chi connectivity index (χ3v) is 4.41. The zero-order valence-corrected chi connectivity index (χ0v) is 12.6. The Hall–Kier alpha value is -1.88. The first-order valence-corrected chi connectivity index (χ1v) is 7.54. The van der Waals surface area contributed by atoms with Crippen molar-refractivity contribution in [2.75, 3.05) is 14.1 Å². The van der Waals surface area contributed by atoms with E-state index in [4.69, 9.17) is 0 Å². The van der Waals surface area contributed by atoms with E-state index < -0.39 is 0 Å². The van der Waals surface area contributed by atoms with Gasteiger partial charge in [0, 0.05) is 23.0 Å². The van der Waals surface area contributed by atoms with Crippen LogP contribution in [0.2, 0.25) is 0 Å². The number of nitrogens with zero attached hydrogens (tertiary/aromatic N) is 2. The monoisotopic (exact) mass is 286 g/mol. The van der Waals surface area contributed by atoms with Gasteiger partial charge in [0.2, 0.25) is 0 Å². The van der Waals surface area contributed by atoms with Gasteiger partial charge < -0.3 is 10.2 Å². The van der Waals surface area contributed by atoms with Crippen LogP contribution in [0.25, 0.3) is 10.9 Å². The predicted octanol–water partition coefficient (Wildman–Crippen LogP) is 2.17. The molecule has 2 unspecified atom stereocenters. The van der Waals surface area contributed by atoms with Crippen LogP contribution in [0.15, 0.2) is 24.4 Å². The number of amides is 1. The Bertz CT molecular complexity index is 634. The van der Waals surface area contributed by atoms with Gasteiger partial charge in [-0.1, -0.05) is 0 Å². The van der Waals surface area contributed by atoms with Crippen molar-refractivity contribution < 1.29 is 4.79 Å². The molecule has 2 atom stereocenters. The Morgan fingerprint density at radius 2 is 2.24 bits per heavy atom. The minimum Gasteiger partial charge on any atom is -0.349 e. The summed E-state index contributed by atoms with van der Waals surface area (Å²) in [7, 11) is 4.23. The average molecular weight is 286 g/mol. The maximum absolute atomic E-state index is 12.4. The molecule has 2 aromatic rings. The molecule has 5 nitrogen and oxygen atoms in total. The third-order valence-electron chi connectivity index (χ3n) is 4.41. The van der Waals surface area contributed by atoms with Crippen LogP contribution < -0.4 is 5.32 Å². The molecule has 1 fully saturated rings. The van der Waals surface area contributed by atoms with Crippen LogP contribution in [-0.4, -0.2) is 47.2 Å². The van der Waals surface area contributed by atoms with Gasteiger partial charge in [-0.15, -0.1) is 0 Å². The molecule has 2 N–H and O–H groups in total. The number of aromatic nitrogens is 2. The summed E-state index contributed by atoms with van der Waals surface area (Å²) in [5.74, 6) is 0.0162. The van der Waals surface area contributed by atoms with E-state index in [2.05, 4.69) is 34.5 Å². The van der Waals surface area contributed by atoms with Crippen LogP contribution in [0.3, 0.4) is 0 Å². The first-order chi connectivity index (χ1) is 10.1. The van der Waals surface area contributed by atoms with Gasteiger partial charge in [-0.05, 0) is 58.0 Å². The summed E-state index contributed by atoms with van der Waals surface area (Å²) in [4.78, 5) is 14.7. The molecule has 3 rings (SSSR count). The summed E-state index contributed by atoms with van der Waals surface area (Å²) in [5.41, 5.74) is 1.66. The molecule has 0 aliphatic heterocycles. The maximum Gasteiger partial charge on any atom is 0.251 e. The smallest absolute Gasteiger partial charge is 0.251 e. The van der Waals surface area contributed by atoms with Gasteiger partial charge in [-0.25, -0.2) is 0 Å². The highest BCUT2D eigenvalue weighted by molar-refractivity contribution is 5.98. The van der Waals surface area contributed by atoms with Gasteiger partial charge in [-0.2, -0.15) is 5.10 Å². The van der Waals surface area contributed by atoms with Crippen LogP contribution in [0.5, 0.6) is 0 Å². The van der Waals surface area contributed by atoms with Crippen LogP contribution in [0.4, 0.5) is 0 Å². The molecule has 1 aliphatic carbocycles. The third kappa shape index (κ3) is 3.08. The fourth-order valence-corrected chi connectivity index (χ4v) is 3.12. The molecular formula is C16H22N4O. The summed E-state index contributed by atoms with van der Waals surface area (Å²) in [6, 6.07) is 6.49. The molecule has 0 radical (unpaired) electrons. The number of hydrogen-bond donors (Lipinski definition) is 2. The van der Waals surface area contributed by atoms with E-state index in [0.717, 1.165) is 23.7 Å². The van der Waals surface area contributed by atoms with Gasteiger partial charge in [0.25, 0.3) is 5.91 Å². The Balaban J connectivity index is 1.67. The molecule has 1 heterocycles. The van der Waals surface area contributed by atoms with Crippen molar-refractivity contribution in [2.45, 2.75) is 37.8 Å². The number of fused-ring (bicyclic) bond motifs is 1. The quantitative estimate of drug-likeness (QED) is 0.909. The van der Waals surface area contributed by atoms with Gasteiger partial charge in [0.15, 0.2) is 0 Å². The van der Waals surface area contributed by atoms with Crippen LogP contribution in [0, 0.1) is 0 Å². The fraction of sp³-hybridized carbons (Fsp3) is 0.500. The van der Waals surface area contributed by atoms with Crippen molar-refractivity contribution in [3.05, 3.63) is 30.0 Å². The van der Waals surface area contributed by atoms with Crippen molar-refractivity contribution in [1.82, 2.24) is 20.4 Å². The van der Waals surface area contributed by atoms with Crippen molar-refractivity contribution in [3.63, 3.8) is 0 Å². The lowest BCUT2D eigenvalue weighted by Gasteiger charge is -2.33. The largest absolute Gasteiger partial charge is 0.349 e. The van der Waals surface area contributed by atoms with E-state index in [1.807, 2.05) is 18.2 Å². The fourth-order valence-electron chi connectivity index (χ4n) is 3.12. The van der Waals surface area contributed by atoms with Crippen LogP contribution in [0.1, 0.15) is 36.0 Å². The summed E-state index contributed by atoms with van der Waals surface area (Å²) in [6.45, 7) is 0. The topological polar surface area (TPSA) is 61.0 Å². The molecule has 1 aliphatic rings. The van der Waals surface area contributed by atoms with Crippen molar-refractivity contribution in [1.29, 1.82) is 0 Å². The Kier molecular flexibility index (Phi) is 3.92. The molecule has 0 bridgehead atoms. The molecule has 1 aromatic carbocycles. The van der Waals surface area contributed by atoms with Crippen LogP contribution in [-0.2, 0) is 0 Å². The SMILES string of the molecule is CN(C)C1CCCC(NC(=O)c2ccc3[nH]ncc3c2)C1. The van der Waals surface area contributed by atoms with Crippen LogP contribution >= 0.6 is 0 Å². The first kappa shape index (κ1) is 14.1. The molecule has 112 valence electrons. The zero-order valence-electron chi connectivity index (χ0n) is 12.6. The lowest BCUT2D eigenvalue weighted by atomic mass is 9.90. The number of rotatable bonds is 3. The number of carbonyl (C=O) groups is 1. The van der Waals surface area contributed by atoms with Crippen molar-refractivity contribution in [2.24, 2.45) is 0 Å². The molecule has 1 amide bonds. The van der Waals surface area contributed by atoms with E-state index in [1.165, 1.54) is 12.8 Å². The molecule has 21 heavy (non-hydrogen) atoms. The molecular weight excluding hydrogens is 264 g/mol. The van der Waals surface area contributed by atoms with E-state index >= 15 is 0 Å². The van der Waals surface area contributed by atoms with E-state index in [1.54, 1.807) is 6.20 Å². The Labute approximate surface area is 124 Å². The molecule has 5 heteroatoms. The normalized spacial score (nSPS) is 22.6. The highest BCUT2D eigenvalue weighted by Crippen LogP contribution is 2.22. The number of H-pyrrole nitrogens is 1. The summed E-state index contributed by atoms with van der Waals surface area (Å²) in [6.07, 6.45) is 6.25. The van der Waals surface area contributed by atoms with Crippen molar-refractivity contribution in [3.8, 4) is 0 Å². The van der Waals surface area contributed by atoms with Gasteiger partial charge in [-0.3, -0.25) is 9.89 Å². The summed E-state index contributed by atoms with van der Waals surface area (Å²) < 4.78 is 0. The predicted molar refractivity (Wildman–Crippen MR) is 83.3 cm³/mol. The number of carbonyl (C=O) groups excluding carboxylic acids is 1. The average Bonchev–Trinajstić information content (AvgIpc) is 2.94. The minimum absolute atomic E-state index is 0.0162. The Morgan fingerprint density at radius 3 is 3.05 bits per heavy atom. The van der Waals surface area contributed by atoms with Gasteiger partial charge in [0.05, 0.1) is 11.7 Å². The standard InChI is InChI=1S/C16H22N4O/c1-20(2)14-5-3-4-13(9-14)18-16(21)11-6-7-15-12(8-11)10-17-19-15/h6-8,10,13-14H,3-5,9H2,1-2H3,(H,17,19)(H,18,21). The van der Waals surface area contributed by atoms with Gasteiger partial charge in [0.1, 0.15) is 0 Å². The molecule has 0 saturated heterocycles. The second-order valence-corrected chi connectivity index (χ2v) is 6.13. The van der Waals surface area contributed by atoms with E-state index in [9.17, 15) is 4.79 Å². The highest BCUT2D eigenvalue weighted by atomic mass is 16.1. The lowest BCUT2D eigenvalue weighted by Crippen LogP contribution is -2.43. The zero-order chi connectivity index (χ0) is 14.8. The molecule has 0 spiro atoms. The number of aromatic amines is 1. The summed E-state index contributed by atoms with van der Waals surface area (Å²) in [5, 5.41) is 11.0. The highest BCUT2D eigenvalue weighted by Gasteiger charge is 2.24. The second kappa shape index (κ2) is 5.85. The minimum atomic E-state index is 0.0162. The first-order valence-electron chi connectivity index (χ1n) is 7.54. The Morgan fingerprint density at radius 1 is 1.38 bits per heavy atom. The molecule has 1 saturated carbocycles. The lowest BCUT2D eigenvalue weighted by molar-refractivity contribution is 0.0911. The van der Waals surface area contributed by atoms with Gasteiger partial charge >= 0.3 is 0 Å². The maximum atomic E-state index is 12.4. The number of hydrogen-bond acceptors (Lipinski definition) is 3. The number of nitrogens with one attached hydrogen (secondary N) is 2. The number of benzene rings is 1. The van der Waals surface area contributed by atoms with E-state index in [-0.39, 0.29) is 11.9 Å². The molecule has 1 aromatic heterocycles. The van der Waals surface area contributed by atoms with E-state index in [0.29, 0.717) is 11.6 Å². The summed E-state index contributed by atoms with van der Waals surface area (Å²) >= 11 is 0. The van der Waals surface area contributed by atoms with Crippen molar-refractivity contribution >= 4 is 16.8 Å². The second-order valence-electron chi connectivity index (χ2n) is 6.13.